The van der Waals surface area contributed by atoms with E-state index in [-0.39, 0.29) is 29.7 Å². The topological polar surface area (TPSA) is 107 Å². The Morgan fingerprint density at radius 3 is 2.47 bits per heavy atom. The van der Waals surface area contributed by atoms with Crippen LogP contribution in [0.2, 0.25) is 0 Å². The highest BCUT2D eigenvalue weighted by molar-refractivity contribution is 5.91. The van der Waals surface area contributed by atoms with Gasteiger partial charge in [-0.2, -0.15) is 0 Å². The summed E-state index contributed by atoms with van der Waals surface area (Å²) in [5.74, 6) is -0.982. The van der Waals surface area contributed by atoms with Crippen molar-refractivity contribution in [3.8, 4) is 5.69 Å². The molecule has 3 atom stereocenters. The minimum atomic E-state index is -0.638. The van der Waals surface area contributed by atoms with Crippen molar-refractivity contribution < 1.29 is 9.53 Å². The van der Waals surface area contributed by atoms with E-state index >= 15 is 0 Å². The highest BCUT2D eigenvalue weighted by Gasteiger charge is 2.41. The van der Waals surface area contributed by atoms with Gasteiger partial charge in [-0.05, 0) is 50.6 Å². The Hall–Kier alpha value is -3.82. The van der Waals surface area contributed by atoms with Gasteiger partial charge in [0.25, 0.3) is 11.1 Å². The van der Waals surface area contributed by atoms with Gasteiger partial charge in [0, 0.05) is 18.4 Å². The summed E-state index contributed by atoms with van der Waals surface area (Å²) in [6, 6.07) is 12.5. The lowest BCUT2D eigenvalue weighted by Crippen LogP contribution is -2.38. The molecule has 0 saturated carbocycles. The molecule has 0 aliphatic carbocycles. The molecule has 174 valence electrons. The van der Waals surface area contributed by atoms with Crippen LogP contribution in [-0.4, -0.2) is 32.7 Å². The van der Waals surface area contributed by atoms with Gasteiger partial charge in [0.2, 0.25) is 0 Å². The van der Waals surface area contributed by atoms with Crippen molar-refractivity contribution in [2.75, 3.05) is 6.61 Å². The number of hydrogen-bond acceptors (Lipinski definition) is 7. The van der Waals surface area contributed by atoms with Gasteiger partial charge >= 0.3 is 5.97 Å². The predicted octanol–water partition coefficient (Wildman–Crippen LogP) is 2.18. The van der Waals surface area contributed by atoms with E-state index < -0.39 is 12.1 Å². The number of carbonyl (C=O) groups excluding carboxylic acids is 1. The number of hydrazine groups is 1. The Kier molecular flexibility index (Phi) is 5.51. The summed E-state index contributed by atoms with van der Waals surface area (Å²) < 4.78 is 8.24. The summed E-state index contributed by atoms with van der Waals surface area (Å²) in [5.41, 5.74) is 8.17. The van der Waals surface area contributed by atoms with E-state index in [0.29, 0.717) is 21.8 Å². The second-order valence-electron chi connectivity index (χ2n) is 8.46. The zero-order chi connectivity index (χ0) is 24.0. The average molecular weight is 460 g/mol. The molecule has 1 fully saturated rings. The summed E-state index contributed by atoms with van der Waals surface area (Å²) in [7, 11) is 0. The van der Waals surface area contributed by atoms with Gasteiger partial charge in [-0.3, -0.25) is 28.9 Å². The van der Waals surface area contributed by atoms with Crippen LogP contribution in [0, 0.1) is 12.8 Å². The van der Waals surface area contributed by atoms with Crippen LogP contribution < -0.4 is 22.0 Å². The first-order valence-corrected chi connectivity index (χ1v) is 11.2. The van der Waals surface area contributed by atoms with Crippen molar-refractivity contribution in [1.29, 1.82) is 0 Å². The molecule has 1 aliphatic rings. The number of rotatable bonds is 4. The molecule has 0 amide bonds. The molecule has 9 nitrogen and oxygen atoms in total. The lowest BCUT2D eigenvalue weighted by atomic mass is 10.00. The van der Waals surface area contributed by atoms with E-state index in [1.165, 1.54) is 4.57 Å². The first-order valence-electron chi connectivity index (χ1n) is 11.2. The van der Waals surface area contributed by atoms with E-state index in [2.05, 4.69) is 15.8 Å². The van der Waals surface area contributed by atoms with Crippen LogP contribution in [0.15, 0.2) is 64.4 Å². The van der Waals surface area contributed by atoms with Crippen LogP contribution >= 0.6 is 0 Å². The number of carbonyl (C=O) groups is 1. The Labute approximate surface area is 195 Å². The molecule has 1 aliphatic heterocycles. The van der Waals surface area contributed by atoms with Crippen molar-refractivity contribution in [2.24, 2.45) is 5.92 Å². The number of nitrogens with zero attached hydrogens (tertiary/aromatic N) is 3. The largest absolute Gasteiger partial charge is 0.466 e. The number of nitrogens with one attached hydrogen (secondary N) is 2. The van der Waals surface area contributed by atoms with E-state index in [4.69, 9.17) is 4.74 Å². The third-order valence-corrected chi connectivity index (χ3v) is 6.34. The van der Waals surface area contributed by atoms with Gasteiger partial charge in [-0.15, -0.1) is 0 Å². The molecule has 3 unspecified atom stereocenters. The fourth-order valence-corrected chi connectivity index (χ4v) is 4.57. The van der Waals surface area contributed by atoms with Crippen LogP contribution in [0.4, 0.5) is 0 Å². The molecule has 2 N–H and O–H groups in total. The smallest absolute Gasteiger partial charge is 0.314 e. The predicted molar refractivity (Wildman–Crippen MR) is 129 cm³/mol. The molecule has 4 aromatic rings. The molecular formula is C25H25N5O4. The number of aromatic nitrogens is 3. The Balaban J connectivity index is 1.67. The number of esters is 1. The Bertz CT molecular complexity index is 1540. The highest BCUT2D eigenvalue weighted by atomic mass is 16.5. The maximum absolute atomic E-state index is 13.5. The average Bonchev–Trinajstić information content (AvgIpc) is 3.21. The fraction of sp³-hybridized carbons (Fsp3) is 0.280. The van der Waals surface area contributed by atoms with E-state index in [0.717, 1.165) is 11.3 Å². The first kappa shape index (κ1) is 22.0. The number of para-hydroxylation sites is 1. The molecule has 1 aromatic carbocycles. The molecule has 0 radical (unpaired) electrons. The van der Waals surface area contributed by atoms with Gasteiger partial charge < -0.3 is 4.74 Å². The number of hydrogen-bond donors (Lipinski definition) is 2. The monoisotopic (exact) mass is 459 g/mol. The quantitative estimate of drug-likeness (QED) is 0.356. The zero-order valence-electron chi connectivity index (χ0n) is 19.1. The SMILES string of the molecule is CCOC(=O)C1C(C)NNC1n1ccc2nc3ccn(-c4ccccc4C)c(=O)c3cc2c1=O. The number of ether oxygens (including phenoxy) is 1. The third-order valence-electron chi connectivity index (χ3n) is 6.34. The van der Waals surface area contributed by atoms with Gasteiger partial charge in [0.1, 0.15) is 12.1 Å². The minimum Gasteiger partial charge on any atom is -0.466 e. The van der Waals surface area contributed by atoms with Crippen molar-refractivity contribution in [2.45, 2.75) is 33.0 Å². The fourth-order valence-electron chi connectivity index (χ4n) is 4.57. The van der Waals surface area contributed by atoms with Crippen LogP contribution in [0.1, 0.15) is 25.6 Å². The summed E-state index contributed by atoms with van der Waals surface area (Å²) in [6.45, 7) is 5.79. The number of aryl methyl sites for hydroxylation is 1. The van der Waals surface area contributed by atoms with Gasteiger partial charge in [0.05, 0.1) is 34.1 Å². The lowest BCUT2D eigenvalue weighted by molar-refractivity contribution is -0.149. The molecule has 0 bridgehead atoms. The van der Waals surface area contributed by atoms with Gasteiger partial charge in [-0.1, -0.05) is 18.2 Å². The second kappa shape index (κ2) is 8.51. The summed E-state index contributed by atoms with van der Waals surface area (Å²) in [6.07, 6.45) is 2.68. The second-order valence-corrected chi connectivity index (χ2v) is 8.46. The lowest BCUT2D eigenvalue weighted by Gasteiger charge is -2.21. The molecule has 4 heterocycles. The van der Waals surface area contributed by atoms with Gasteiger partial charge in [0.15, 0.2) is 0 Å². The van der Waals surface area contributed by atoms with Crippen LogP contribution in [-0.2, 0) is 9.53 Å². The van der Waals surface area contributed by atoms with E-state index in [1.54, 1.807) is 42.1 Å². The zero-order valence-corrected chi connectivity index (χ0v) is 19.1. The maximum Gasteiger partial charge on any atom is 0.314 e. The van der Waals surface area contributed by atoms with Crippen LogP contribution in [0.3, 0.4) is 0 Å². The molecule has 0 spiro atoms. The Morgan fingerprint density at radius 2 is 1.74 bits per heavy atom. The normalized spacial score (nSPS) is 20.1. The molecule has 1 saturated heterocycles. The number of pyridine rings is 3. The molecular weight excluding hydrogens is 434 g/mol. The maximum atomic E-state index is 13.5. The van der Waals surface area contributed by atoms with Crippen LogP contribution in [0.25, 0.3) is 27.5 Å². The Morgan fingerprint density at radius 1 is 1.03 bits per heavy atom. The standard InChI is InChI=1S/C25H25N5O4/c1-4-34-25(33)21-15(3)27-28-22(21)30-12-10-19-17(24(30)32)13-16-18(26-19)9-11-29(23(16)31)20-8-6-5-7-14(20)2/h5-13,15,21-22,27-28H,4H2,1-3H3. The third kappa shape index (κ3) is 3.49. The van der Waals surface area contributed by atoms with Crippen LogP contribution in [0.5, 0.6) is 0 Å². The first-order chi connectivity index (χ1) is 16.4. The van der Waals surface area contributed by atoms with Crippen molar-refractivity contribution in [3.63, 3.8) is 0 Å². The molecule has 3 aromatic heterocycles. The molecule has 9 heteroatoms. The van der Waals surface area contributed by atoms with Gasteiger partial charge in [-0.25, -0.2) is 10.4 Å². The van der Waals surface area contributed by atoms with Crippen molar-refractivity contribution in [1.82, 2.24) is 25.0 Å². The summed E-state index contributed by atoms with van der Waals surface area (Å²) in [4.78, 5) is 44.0. The summed E-state index contributed by atoms with van der Waals surface area (Å²) >= 11 is 0. The summed E-state index contributed by atoms with van der Waals surface area (Å²) in [5, 5.41) is 0.652. The van der Waals surface area contributed by atoms with Crippen molar-refractivity contribution >= 4 is 27.8 Å². The molecule has 5 rings (SSSR count). The minimum absolute atomic E-state index is 0.234. The van der Waals surface area contributed by atoms with Crippen molar-refractivity contribution in [3.05, 3.63) is 81.1 Å². The molecule has 34 heavy (non-hydrogen) atoms. The highest BCUT2D eigenvalue weighted by Crippen LogP contribution is 2.25. The number of benzene rings is 1. The van der Waals surface area contributed by atoms with E-state index in [9.17, 15) is 14.4 Å². The number of fused-ring (bicyclic) bond motifs is 2. The van der Waals surface area contributed by atoms with E-state index in [1.807, 2.05) is 38.1 Å².